The number of pyridine rings is 1. The molecule has 4 heterocycles. The fourth-order valence-corrected chi connectivity index (χ4v) is 6.83. The number of piperidine rings is 1. The van der Waals surface area contributed by atoms with Crippen LogP contribution in [0.2, 0.25) is 0 Å². The number of aliphatic carboxylic acids is 1. The monoisotopic (exact) mass is 651 g/mol. The lowest BCUT2D eigenvalue weighted by atomic mass is 9.96. The molecule has 3 aliphatic heterocycles. The zero-order chi connectivity index (χ0) is 33.6. The van der Waals surface area contributed by atoms with Crippen LogP contribution in [0.15, 0.2) is 35.1 Å². The van der Waals surface area contributed by atoms with Gasteiger partial charge < -0.3 is 24.6 Å². The second kappa shape index (κ2) is 15.3. The minimum absolute atomic E-state index is 0.0318. The second-order valence-corrected chi connectivity index (χ2v) is 12.3. The van der Waals surface area contributed by atoms with Gasteiger partial charge in [0.1, 0.15) is 5.56 Å². The molecule has 3 fully saturated rings. The Kier molecular flexibility index (Phi) is 11.7. The molecule has 0 radical (unpaired) electrons. The van der Waals surface area contributed by atoms with E-state index in [1.807, 2.05) is 45.0 Å². The minimum Gasteiger partial charge on any atom is -0.475 e. The first kappa shape index (κ1) is 35.2. The third kappa shape index (κ3) is 8.58. The Balaban J connectivity index is 0.000000617. The van der Waals surface area contributed by atoms with Crippen LogP contribution in [0, 0.1) is 0 Å². The lowest BCUT2D eigenvalue weighted by molar-refractivity contribution is -0.192. The number of rotatable bonds is 8. The fourth-order valence-electron chi connectivity index (χ4n) is 6.83. The quantitative estimate of drug-likeness (QED) is 0.438. The molecule has 3 saturated heterocycles. The number of amides is 2. The number of para-hydroxylation sites is 1. The maximum atomic E-state index is 13.3. The van der Waals surface area contributed by atoms with Crippen LogP contribution in [0.5, 0.6) is 0 Å². The number of carbonyl (C=O) groups is 3. The zero-order valence-electron chi connectivity index (χ0n) is 26.6. The van der Waals surface area contributed by atoms with Gasteiger partial charge in [-0.15, -0.1) is 0 Å². The molecule has 2 N–H and O–H groups in total. The molecule has 254 valence electrons. The Bertz CT molecular complexity index is 1430. The van der Waals surface area contributed by atoms with E-state index >= 15 is 0 Å². The lowest BCUT2D eigenvalue weighted by Crippen LogP contribution is -2.52. The average Bonchev–Trinajstić information content (AvgIpc) is 3.23. The van der Waals surface area contributed by atoms with E-state index in [4.69, 9.17) is 14.6 Å². The Morgan fingerprint density at radius 1 is 1.02 bits per heavy atom. The number of nitrogens with zero attached hydrogens (tertiary/aromatic N) is 4. The molecule has 2 bridgehead atoms. The number of hydrogen-bond donors (Lipinski definition) is 2. The van der Waals surface area contributed by atoms with E-state index in [1.54, 1.807) is 15.5 Å². The second-order valence-electron chi connectivity index (χ2n) is 12.3. The number of hydrogen-bond acceptors (Lipinski definition) is 7. The highest BCUT2D eigenvalue weighted by Gasteiger charge is 2.41. The third-order valence-electron chi connectivity index (χ3n) is 8.96. The molecular weight excluding hydrogens is 607 g/mol. The number of piperazine rings is 1. The highest BCUT2D eigenvalue weighted by Crippen LogP contribution is 2.36. The minimum atomic E-state index is -5.08. The number of ether oxygens (including phenoxy) is 1. The summed E-state index contributed by atoms with van der Waals surface area (Å²) in [6.07, 6.45) is 0.0417. The van der Waals surface area contributed by atoms with Crippen LogP contribution >= 0.6 is 0 Å². The summed E-state index contributed by atoms with van der Waals surface area (Å²) in [5.74, 6) is -3.01. The molecule has 0 saturated carbocycles. The SMILES string of the molecule is CCOC(=O)N1CCN(CCCN2[C@@H]3CC[C@H]2CC(NC(=O)c2cc4ccccc4n(C(C)C)c2=O)C3)CC1.O=C(O)C(F)(F)F. The summed E-state index contributed by atoms with van der Waals surface area (Å²) in [6, 6.07) is 10.6. The topological polar surface area (TPSA) is 124 Å². The van der Waals surface area contributed by atoms with Crippen molar-refractivity contribution in [3.8, 4) is 0 Å². The van der Waals surface area contributed by atoms with Gasteiger partial charge in [0.2, 0.25) is 0 Å². The van der Waals surface area contributed by atoms with E-state index in [0.29, 0.717) is 18.7 Å². The van der Waals surface area contributed by atoms with Gasteiger partial charge in [-0.05, 0) is 83.5 Å². The highest BCUT2D eigenvalue weighted by atomic mass is 19.4. The van der Waals surface area contributed by atoms with Gasteiger partial charge in [0.05, 0.1) is 12.1 Å². The van der Waals surface area contributed by atoms with Gasteiger partial charge in [-0.1, -0.05) is 18.2 Å². The van der Waals surface area contributed by atoms with E-state index < -0.39 is 12.1 Å². The predicted octanol–water partition coefficient (Wildman–Crippen LogP) is 4.11. The number of alkyl halides is 3. The van der Waals surface area contributed by atoms with Crippen molar-refractivity contribution in [2.75, 3.05) is 45.9 Å². The average molecular weight is 652 g/mol. The Hall–Kier alpha value is -3.65. The van der Waals surface area contributed by atoms with Gasteiger partial charge in [-0.3, -0.25) is 19.4 Å². The summed E-state index contributed by atoms with van der Waals surface area (Å²) in [5, 5.41) is 11.3. The first-order valence-corrected chi connectivity index (χ1v) is 15.9. The maximum absolute atomic E-state index is 13.3. The molecular formula is C32H44F3N5O6. The van der Waals surface area contributed by atoms with Crippen LogP contribution in [-0.2, 0) is 9.53 Å². The van der Waals surface area contributed by atoms with Crippen molar-refractivity contribution in [2.45, 2.75) is 83.2 Å². The highest BCUT2D eigenvalue weighted by molar-refractivity contribution is 5.97. The summed E-state index contributed by atoms with van der Waals surface area (Å²) >= 11 is 0. The molecule has 46 heavy (non-hydrogen) atoms. The standard InChI is InChI=1S/C30H43N5O4.C2HF3O2/c1-4-39-30(38)33-16-14-32(15-17-33)12-7-13-34-24-10-11-25(34)20-23(19-24)31-28(36)26-18-22-8-5-6-9-27(22)35(21(2)3)29(26)37;3-2(4,5)1(6)7/h5-6,8-9,18,21,23-25H,4,7,10-17,19-20H2,1-3H3,(H,31,36);(H,6,7)/t23?,24-,25+;. The zero-order valence-corrected chi connectivity index (χ0v) is 26.6. The van der Waals surface area contributed by atoms with Crippen molar-refractivity contribution in [3.05, 3.63) is 46.2 Å². The molecule has 5 rings (SSSR count). The van der Waals surface area contributed by atoms with E-state index in [1.165, 1.54) is 12.8 Å². The van der Waals surface area contributed by atoms with Crippen LogP contribution in [0.1, 0.15) is 69.3 Å². The lowest BCUT2D eigenvalue weighted by Gasteiger charge is -2.40. The first-order chi connectivity index (χ1) is 21.8. The summed E-state index contributed by atoms with van der Waals surface area (Å²) in [5.41, 5.74) is 0.881. The Labute approximate surface area is 266 Å². The number of benzene rings is 1. The third-order valence-corrected chi connectivity index (χ3v) is 8.96. The number of carboxylic acids is 1. The van der Waals surface area contributed by atoms with Gasteiger partial charge in [0.25, 0.3) is 11.5 Å². The molecule has 3 aliphatic rings. The fraction of sp³-hybridized carbons (Fsp3) is 0.625. The van der Waals surface area contributed by atoms with Crippen LogP contribution in [0.3, 0.4) is 0 Å². The van der Waals surface area contributed by atoms with Crippen LogP contribution < -0.4 is 10.9 Å². The number of aromatic nitrogens is 1. The smallest absolute Gasteiger partial charge is 0.475 e. The molecule has 0 aliphatic carbocycles. The van der Waals surface area contributed by atoms with E-state index in [0.717, 1.165) is 69.4 Å². The van der Waals surface area contributed by atoms with Gasteiger partial charge in [0, 0.05) is 50.3 Å². The summed E-state index contributed by atoms with van der Waals surface area (Å²) < 4.78 is 38.6. The first-order valence-electron chi connectivity index (χ1n) is 15.9. The van der Waals surface area contributed by atoms with Crippen molar-refractivity contribution >= 4 is 28.9 Å². The molecule has 1 unspecified atom stereocenters. The molecule has 3 atom stereocenters. The van der Waals surface area contributed by atoms with Gasteiger partial charge in [-0.2, -0.15) is 13.2 Å². The molecule has 11 nitrogen and oxygen atoms in total. The van der Waals surface area contributed by atoms with Crippen molar-refractivity contribution in [1.82, 2.24) is 24.6 Å². The molecule has 1 aromatic heterocycles. The van der Waals surface area contributed by atoms with Crippen LogP contribution in [0.25, 0.3) is 10.9 Å². The number of carboxylic acid groups (broad SMARTS) is 1. The normalized spacial score (nSPS) is 22.0. The van der Waals surface area contributed by atoms with Gasteiger partial charge in [-0.25, -0.2) is 9.59 Å². The predicted molar refractivity (Wildman–Crippen MR) is 166 cm³/mol. The summed E-state index contributed by atoms with van der Waals surface area (Å²) in [4.78, 5) is 54.4. The van der Waals surface area contributed by atoms with Crippen molar-refractivity contribution in [2.24, 2.45) is 0 Å². The molecule has 14 heteroatoms. The number of nitrogens with one attached hydrogen (secondary N) is 1. The molecule has 2 amide bonds. The largest absolute Gasteiger partial charge is 0.490 e. The van der Waals surface area contributed by atoms with Gasteiger partial charge in [0.15, 0.2) is 0 Å². The Morgan fingerprint density at radius 2 is 1.63 bits per heavy atom. The summed E-state index contributed by atoms with van der Waals surface area (Å²) in [6.45, 7) is 11.6. The van der Waals surface area contributed by atoms with Crippen molar-refractivity contribution in [1.29, 1.82) is 0 Å². The van der Waals surface area contributed by atoms with Crippen molar-refractivity contribution in [3.63, 3.8) is 0 Å². The van der Waals surface area contributed by atoms with Crippen LogP contribution in [-0.4, -0.2) is 113 Å². The van der Waals surface area contributed by atoms with Crippen LogP contribution in [0.4, 0.5) is 18.0 Å². The number of fused-ring (bicyclic) bond motifs is 3. The van der Waals surface area contributed by atoms with E-state index in [-0.39, 0.29) is 35.2 Å². The van der Waals surface area contributed by atoms with Gasteiger partial charge >= 0.3 is 18.2 Å². The molecule has 2 aromatic rings. The molecule has 0 spiro atoms. The van der Waals surface area contributed by atoms with E-state index in [9.17, 15) is 27.6 Å². The van der Waals surface area contributed by atoms with E-state index in [2.05, 4.69) is 15.1 Å². The maximum Gasteiger partial charge on any atom is 0.490 e. The molecule has 1 aromatic carbocycles. The summed E-state index contributed by atoms with van der Waals surface area (Å²) in [7, 11) is 0. The number of carbonyl (C=O) groups excluding carboxylic acids is 2. The van der Waals surface area contributed by atoms with Crippen molar-refractivity contribution < 1.29 is 37.4 Å². The number of halogens is 3. The Morgan fingerprint density at radius 3 is 2.20 bits per heavy atom.